The normalized spacial score (nSPS) is 15.2. The van der Waals surface area contributed by atoms with Crippen LogP contribution in [-0.2, 0) is 10.3 Å². The van der Waals surface area contributed by atoms with E-state index in [1.807, 2.05) is 135 Å². The van der Waals surface area contributed by atoms with E-state index in [-0.39, 0.29) is 31.2 Å². The Labute approximate surface area is 347 Å². The Morgan fingerprint density at radius 1 is 0.536 bits per heavy atom. The van der Waals surface area contributed by atoms with Gasteiger partial charge in [0.05, 0.1) is 54.1 Å². The van der Waals surface area contributed by atoms with E-state index in [1.54, 1.807) is 28.4 Å². The van der Waals surface area contributed by atoms with Crippen molar-refractivity contribution in [2.45, 2.75) is 5.60 Å². The van der Waals surface area contributed by atoms with Gasteiger partial charge in [0.2, 0.25) is 0 Å². The second-order valence-electron chi connectivity index (χ2n) is 13.3. The second-order valence-corrected chi connectivity index (χ2v) is 14.8. The average Bonchev–Trinajstić information content (AvgIpc) is 3.50. The quantitative estimate of drug-likeness (QED) is 0.0699. The van der Waals surface area contributed by atoms with E-state index in [1.165, 1.54) is 0 Å². The highest BCUT2D eigenvalue weighted by Gasteiger charge is 2.48. The van der Waals surface area contributed by atoms with Crippen molar-refractivity contribution in [3.05, 3.63) is 151 Å². The van der Waals surface area contributed by atoms with Crippen LogP contribution in [-0.4, -0.2) is 62.6 Å². The van der Waals surface area contributed by atoms with E-state index in [9.17, 15) is 4.79 Å². The van der Waals surface area contributed by atoms with E-state index in [0.29, 0.717) is 34.1 Å². The molecule has 0 atom stereocenters. The van der Waals surface area contributed by atoms with Gasteiger partial charge >= 0.3 is 5.97 Å². The maximum atomic E-state index is 14.2. The lowest BCUT2D eigenvalue weighted by Crippen LogP contribution is -2.23. The predicted molar refractivity (Wildman–Crippen MR) is 228 cm³/mol. The van der Waals surface area contributed by atoms with E-state index in [4.69, 9.17) is 70.1 Å². The van der Waals surface area contributed by atoms with Crippen molar-refractivity contribution in [2.75, 3.05) is 66.4 Å². The zero-order valence-corrected chi connectivity index (χ0v) is 35.1. The van der Waals surface area contributed by atoms with E-state index in [2.05, 4.69) is 0 Å². The van der Waals surface area contributed by atoms with Gasteiger partial charge in [-0.05, 0) is 94.1 Å². The summed E-state index contributed by atoms with van der Waals surface area (Å²) in [6.07, 6.45) is 3.70. The zero-order chi connectivity index (χ0) is 40.5. The summed E-state index contributed by atoms with van der Waals surface area (Å²) in [5, 5.41) is -0.140. The molecule has 0 amide bonds. The number of anilines is 2. The number of esters is 1. The van der Waals surface area contributed by atoms with Crippen molar-refractivity contribution >= 4 is 74.9 Å². The third-order valence-corrected chi connectivity index (χ3v) is 11.4. The molecule has 0 unspecified atom stereocenters. The molecule has 0 fully saturated rings. The molecule has 6 rings (SSSR count). The third kappa shape index (κ3) is 7.59. The minimum atomic E-state index is -1.73. The van der Waals surface area contributed by atoms with Crippen LogP contribution in [0.4, 0.5) is 11.4 Å². The first-order valence-electron chi connectivity index (χ1n) is 17.3. The number of benzene rings is 5. The first kappa shape index (κ1) is 40.7. The van der Waals surface area contributed by atoms with Crippen molar-refractivity contribution in [3.63, 3.8) is 0 Å². The fraction of sp³-hybridized carbons (Fsp3) is 0.205. The summed E-state index contributed by atoms with van der Waals surface area (Å²) in [6.45, 7) is 0. The Morgan fingerprint density at radius 2 is 0.911 bits per heavy atom. The molecule has 0 spiro atoms. The number of methoxy groups -OCH3 is 4. The Morgan fingerprint density at radius 3 is 1.29 bits per heavy atom. The van der Waals surface area contributed by atoms with Crippen LogP contribution in [0.2, 0.25) is 20.1 Å². The molecule has 0 saturated heterocycles. The largest absolute Gasteiger partial charge is 0.493 e. The van der Waals surface area contributed by atoms with Gasteiger partial charge in [-0.15, -0.1) is 0 Å². The summed E-state index contributed by atoms with van der Waals surface area (Å²) in [5.41, 5.74) is 4.86. The highest BCUT2D eigenvalue weighted by molar-refractivity contribution is 6.53. The standard InChI is InChI=1S/C44H40Cl4N2O6/c1-49(2)29-15-9-25(10-16-29)31(27-13-19-33(52-5)35(21-27)54-7)23-44(38-37(43(51)56-44)39(45)41(47)42(48)40(38)46)24-32(26-11-17-30(18-12-26)50(3)4)28-14-20-34(53-6)36(22-28)55-8/h9-24H,1-8H3/b31-23-,32-24-. The van der Waals surface area contributed by atoms with Gasteiger partial charge in [-0.2, -0.15) is 0 Å². The molecule has 1 heterocycles. The average molecular weight is 835 g/mol. The Balaban J connectivity index is 1.78. The Kier molecular flexibility index (Phi) is 12.1. The smallest absolute Gasteiger partial charge is 0.341 e. The minimum absolute atomic E-state index is 0.00259. The maximum Gasteiger partial charge on any atom is 0.341 e. The highest BCUT2D eigenvalue weighted by atomic mass is 35.5. The molecule has 0 bridgehead atoms. The lowest BCUT2D eigenvalue weighted by atomic mass is 9.83. The summed E-state index contributed by atoms with van der Waals surface area (Å²) < 4.78 is 29.2. The molecular weight excluding hydrogens is 794 g/mol. The Bertz CT molecular complexity index is 2230. The fourth-order valence-electron chi connectivity index (χ4n) is 6.67. The van der Waals surface area contributed by atoms with Crippen LogP contribution in [0.25, 0.3) is 11.1 Å². The van der Waals surface area contributed by atoms with Crippen molar-refractivity contribution in [3.8, 4) is 23.0 Å². The molecule has 0 aromatic heterocycles. The number of halogens is 4. The third-order valence-electron chi connectivity index (χ3n) is 9.62. The molecule has 1 aliphatic heterocycles. The number of hydrogen-bond donors (Lipinski definition) is 0. The van der Waals surface area contributed by atoms with Crippen LogP contribution >= 0.6 is 46.4 Å². The van der Waals surface area contributed by atoms with E-state index in [0.717, 1.165) is 33.6 Å². The highest BCUT2D eigenvalue weighted by Crippen LogP contribution is 2.54. The van der Waals surface area contributed by atoms with Crippen molar-refractivity contribution < 1.29 is 28.5 Å². The van der Waals surface area contributed by atoms with Gasteiger partial charge in [-0.25, -0.2) is 4.79 Å². The zero-order valence-electron chi connectivity index (χ0n) is 32.1. The minimum Gasteiger partial charge on any atom is -0.493 e. The number of hydrogen-bond acceptors (Lipinski definition) is 8. The molecule has 0 radical (unpaired) electrons. The second kappa shape index (κ2) is 16.6. The molecule has 290 valence electrons. The molecule has 8 nitrogen and oxygen atoms in total. The van der Waals surface area contributed by atoms with Crippen LogP contribution in [0.1, 0.15) is 38.2 Å². The number of carbonyl (C=O) groups excluding carboxylic acids is 1. The SMILES string of the molecule is COc1ccc(/C(=C\C2(/C=C(/c3ccc(N(C)C)cc3)c3ccc(OC)c(OC)c3)OC(=O)c3c(Cl)c(Cl)c(Cl)c(Cl)c32)c2ccc(N(C)C)cc2)cc1OC. The summed E-state index contributed by atoms with van der Waals surface area (Å²) in [4.78, 5) is 18.2. The van der Waals surface area contributed by atoms with E-state index >= 15 is 0 Å². The number of cyclic esters (lactones) is 1. The molecule has 5 aromatic rings. The summed E-state index contributed by atoms with van der Waals surface area (Å²) >= 11 is 27.4. The molecule has 1 aliphatic rings. The predicted octanol–water partition coefficient (Wildman–Crippen LogP) is 11.1. The van der Waals surface area contributed by atoms with Gasteiger partial charge < -0.3 is 33.5 Å². The molecule has 5 aromatic carbocycles. The topological polar surface area (TPSA) is 69.7 Å². The van der Waals surface area contributed by atoms with Crippen molar-refractivity contribution in [2.24, 2.45) is 0 Å². The van der Waals surface area contributed by atoms with Gasteiger partial charge in [-0.1, -0.05) is 82.8 Å². The molecular formula is C44H40Cl4N2O6. The molecule has 0 saturated carbocycles. The van der Waals surface area contributed by atoms with Crippen LogP contribution < -0.4 is 28.7 Å². The summed E-state index contributed by atoms with van der Waals surface area (Å²) in [7, 11) is 14.2. The molecule has 12 heteroatoms. The van der Waals surface area contributed by atoms with Gasteiger partial charge in [0.1, 0.15) is 0 Å². The summed E-state index contributed by atoms with van der Waals surface area (Å²) in [5.74, 6) is 1.34. The molecule has 0 N–H and O–H groups in total. The van der Waals surface area contributed by atoms with Crippen LogP contribution in [0, 0.1) is 0 Å². The number of carbonyl (C=O) groups is 1. The summed E-state index contributed by atoms with van der Waals surface area (Å²) in [6, 6.07) is 27.1. The Hall–Kier alpha value is -4.99. The van der Waals surface area contributed by atoms with Gasteiger partial charge in [0.25, 0.3) is 0 Å². The van der Waals surface area contributed by atoms with E-state index < -0.39 is 11.6 Å². The van der Waals surface area contributed by atoms with Crippen LogP contribution in [0.15, 0.2) is 97.1 Å². The van der Waals surface area contributed by atoms with Crippen LogP contribution in [0.3, 0.4) is 0 Å². The van der Waals surface area contributed by atoms with Crippen molar-refractivity contribution in [1.82, 2.24) is 0 Å². The number of ether oxygens (including phenoxy) is 5. The van der Waals surface area contributed by atoms with Gasteiger partial charge in [0, 0.05) is 45.1 Å². The van der Waals surface area contributed by atoms with Crippen LogP contribution in [0.5, 0.6) is 23.0 Å². The monoisotopic (exact) mass is 832 g/mol. The maximum absolute atomic E-state index is 14.2. The molecule has 56 heavy (non-hydrogen) atoms. The lowest BCUT2D eigenvalue weighted by Gasteiger charge is -2.28. The number of rotatable bonds is 12. The van der Waals surface area contributed by atoms with Gasteiger partial charge in [0.15, 0.2) is 28.6 Å². The number of fused-ring (bicyclic) bond motifs is 1. The first-order chi connectivity index (χ1) is 26.8. The van der Waals surface area contributed by atoms with Gasteiger partial charge in [-0.3, -0.25) is 0 Å². The fourth-order valence-corrected chi connectivity index (χ4v) is 7.75. The molecule has 0 aliphatic carbocycles. The number of nitrogens with zero attached hydrogens (tertiary/aromatic N) is 2. The van der Waals surface area contributed by atoms with Crippen molar-refractivity contribution in [1.29, 1.82) is 0 Å². The first-order valence-corrected chi connectivity index (χ1v) is 18.8. The lowest BCUT2D eigenvalue weighted by molar-refractivity contribution is 0.0300.